The van der Waals surface area contributed by atoms with Crippen molar-refractivity contribution in [3.05, 3.63) is 29.8 Å². The van der Waals surface area contributed by atoms with Gasteiger partial charge in [0.2, 0.25) is 5.91 Å². The van der Waals surface area contributed by atoms with E-state index >= 15 is 0 Å². The average molecular weight is 339 g/mol. The fourth-order valence-electron chi connectivity index (χ4n) is 2.88. The van der Waals surface area contributed by atoms with Crippen molar-refractivity contribution in [1.29, 1.82) is 0 Å². The molecule has 3 amide bonds. The lowest BCUT2D eigenvalue weighted by Gasteiger charge is -2.19. The molecule has 0 bridgehead atoms. The van der Waals surface area contributed by atoms with E-state index in [9.17, 15) is 18.4 Å². The number of hydrogen-bond acceptors (Lipinski definition) is 3. The van der Waals surface area contributed by atoms with Crippen molar-refractivity contribution >= 4 is 17.6 Å². The van der Waals surface area contributed by atoms with Crippen LogP contribution >= 0.6 is 0 Å². The first-order valence-electron chi connectivity index (χ1n) is 7.94. The van der Waals surface area contributed by atoms with Crippen LogP contribution in [-0.4, -0.2) is 55.7 Å². The highest BCUT2D eigenvalue weighted by molar-refractivity contribution is 5.96. The van der Waals surface area contributed by atoms with Crippen LogP contribution < -0.4 is 10.2 Å². The zero-order valence-electron chi connectivity index (χ0n) is 13.1. The predicted octanol–water partition coefficient (Wildman–Crippen LogP) is 1.50. The molecular formula is C16H19F2N3O3. The Morgan fingerprint density at radius 2 is 2.12 bits per heavy atom. The second kappa shape index (κ2) is 7.12. The SMILES string of the molecule is O=C(CN1CCN(c2ccc(F)c(F)c2)C1=O)NCC1CCCO1. The zero-order valence-corrected chi connectivity index (χ0v) is 13.1. The van der Waals surface area contributed by atoms with Crippen molar-refractivity contribution in [3.63, 3.8) is 0 Å². The summed E-state index contributed by atoms with van der Waals surface area (Å²) >= 11 is 0. The second-order valence-electron chi connectivity index (χ2n) is 5.89. The summed E-state index contributed by atoms with van der Waals surface area (Å²) in [5.41, 5.74) is 0.279. The molecule has 6 nitrogen and oxygen atoms in total. The summed E-state index contributed by atoms with van der Waals surface area (Å²) in [6.07, 6.45) is 1.96. The molecule has 2 fully saturated rings. The van der Waals surface area contributed by atoms with Crippen molar-refractivity contribution in [3.8, 4) is 0 Å². The first-order valence-corrected chi connectivity index (χ1v) is 7.94. The van der Waals surface area contributed by atoms with Gasteiger partial charge in [-0.1, -0.05) is 0 Å². The van der Waals surface area contributed by atoms with Gasteiger partial charge in [-0.25, -0.2) is 13.6 Å². The number of ether oxygens (including phenoxy) is 1. The van der Waals surface area contributed by atoms with Gasteiger partial charge in [-0.3, -0.25) is 9.69 Å². The summed E-state index contributed by atoms with van der Waals surface area (Å²) in [6, 6.07) is 2.91. The van der Waals surface area contributed by atoms with E-state index in [-0.39, 0.29) is 24.2 Å². The minimum atomic E-state index is -1.01. The highest BCUT2D eigenvalue weighted by Crippen LogP contribution is 2.22. The molecule has 8 heteroatoms. The molecule has 1 unspecified atom stereocenters. The van der Waals surface area contributed by atoms with Gasteiger partial charge in [-0.2, -0.15) is 0 Å². The van der Waals surface area contributed by atoms with Gasteiger partial charge in [0.05, 0.1) is 6.10 Å². The van der Waals surface area contributed by atoms with Gasteiger partial charge in [-0.05, 0) is 25.0 Å². The molecule has 1 atom stereocenters. The third kappa shape index (κ3) is 3.64. The van der Waals surface area contributed by atoms with Crippen LogP contribution in [0, 0.1) is 11.6 Å². The molecular weight excluding hydrogens is 320 g/mol. The first-order chi connectivity index (χ1) is 11.5. The van der Waals surface area contributed by atoms with Crippen LogP contribution in [0.25, 0.3) is 0 Å². The minimum absolute atomic E-state index is 0.0434. The van der Waals surface area contributed by atoms with Crippen molar-refractivity contribution in [2.45, 2.75) is 18.9 Å². The van der Waals surface area contributed by atoms with Gasteiger partial charge in [-0.15, -0.1) is 0 Å². The molecule has 2 aliphatic heterocycles. The fourth-order valence-corrected chi connectivity index (χ4v) is 2.88. The number of rotatable bonds is 5. The summed E-state index contributed by atoms with van der Waals surface area (Å²) in [4.78, 5) is 27.0. The molecule has 0 aliphatic carbocycles. The Bertz CT molecular complexity index is 635. The normalized spacial score (nSPS) is 20.8. The van der Waals surface area contributed by atoms with Gasteiger partial charge < -0.3 is 15.0 Å². The number of nitrogens with one attached hydrogen (secondary N) is 1. The number of halogens is 2. The maximum Gasteiger partial charge on any atom is 0.325 e. The van der Waals surface area contributed by atoms with Crippen LogP contribution in [0.4, 0.5) is 19.3 Å². The number of carbonyl (C=O) groups is 2. The monoisotopic (exact) mass is 339 g/mol. The number of nitrogens with zero attached hydrogens (tertiary/aromatic N) is 2. The number of carbonyl (C=O) groups excluding carboxylic acids is 2. The van der Waals surface area contributed by atoms with Crippen LogP contribution in [0.3, 0.4) is 0 Å². The van der Waals surface area contributed by atoms with Crippen molar-refractivity contribution < 1.29 is 23.1 Å². The van der Waals surface area contributed by atoms with Gasteiger partial charge in [0.15, 0.2) is 11.6 Å². The highest BCUT2D eigenvalue weighted by atomic mass is 19.2. The zero-order chi connectivity index (χ0) is 17.1. The summed E-state index contributed by atoms with van der Waals surface area (Å²) in [6.45, 7) is 1.77. The van der Waals surface area contributed by atoms with Crippen molar-refractivity contribution in [2.24, 2.45) is 0 Å². The van der Waals surface area contributed by atoms with E-state index in [4.69, 9.17) is 4.74 Å². The molecule has 1 N–H and O–H groups in total. The maximum absolute atomic E-state index is 13.3. The third-order valence-corrected chi connectivity index (χ3v) is 4.20. The fraction of sp³-hybridized carbons (Fsp3) is 0.500. The van der Waals surface area contributed by atoms with E-state index < -0.39 is 17.7 Å². The minimum Gasteiger partial charge on any atom is -0.376 e. The van der Waals surface area contributed by atoms with Crippen molar-refractivity contribution in [1.82, 2.24) is 10.2 Å². The quantitative estimate of drug-likeness (QED) is 0.884. The van der Waals surface area contributed by atoms with Gasteiger partial charge in [0, 0.05) is 38.0 Å². The summed E-state index contributed by atoms with van der Waals surface area (Å²) in [5, 5.41) is 2.76. The van der Waals surface area contributed by atoms with E-state index in [0.29, 0.717) is 26.2 Å². The molecule has 2 saturated heterocycles. The van der Waals surface area contributed by atoms with Crippen LogP contribution in [0.5, 0.6) is 0 Å². The Balaban J connectivity index is 1.53. The van der Waals surface area contributed by atoms with E-state index in [1.807, 2.05) is 0 Å². The lowest BCUT2D eigenvalue weighted by atomic mass is 10.2. The van der Waals surface area contributed by atoms with Gasteiger partial charge in [0.25, 0.3) is 0 Å². The summed E-state index contributed by atoms with van der Waals surface area (Å²) in [5.74, 6) is -2.23. The molecule has 0 saturated carbocycles. The highest BCUT2D eigenvalue weighted by Gasteiger charge is 2.31. The molecule has 2 aliphatic rings. The molecule has 130 valence electrons. The number of urea groups is 1. The average Bonchev–Trinajstić information content (AvgIpc) is 3.19. The molecule has 1 aromatic rings. The Kier molecular flexibility index (Phi) is 4.94. The van der Waals surface area contributed by atoms with Crippen LogP contribution in [0.15, 0.2) is 18.2 Å². The van der Waals surface area contributed by atoms with E-state index in [2.05, 4.69) is 5.32 Å². The standard InChI is InChI=1S/C16H19F2N3O3/c17-13-4-3-11(8-14(13)18)21-6-5-20(16(21)23)10-15(22)19-9-12-2-1-7-24-12/h3-4,8,12H,1-2,5-7,9-10H2,(H,19,22). The summed E-state index contributed by atoms with van der Waals surface area (Å²) in [7, 11) is 0. The first kappa shape index (κ1) is 16.6. The predicted molar refractivity (Wildman–Crippen MR) is 82.7 cm³/mol. The molecule has 0 spiro atoms. The molecule has 3 rings (SSSR count). The van der Waals surface area contributed by atoms with Crippen LogP contribution in [0.2, 0.25) is 0 Å². The largest absolute Gasteiger partial charge is 0.376 e. The van der Waals surface area contributed by atoms with Crippen molar-refractivity contribution in [2.75, 3.05) is 37.7 Å². The summed E-state index contributed by atoms with van der Waals surface area (Å²) < 4.78 is 31.7. The lowest BCUT2D eigenvalue weighted by Crippen LogP contribution is -2.42. The Hall–Kier alpha value is -2.22. The van der Waals surface area contributed by atoms with E-state index in [0.717, 1.165) is 25.0 Å². The maximum atomic E-state index is 13.3. The van der Waals surface area contributed by atoms with Gasteiger partial charge in [0.1, 0.15) is 6.54 Å². The number of benzene rings is 1. The van der Waals surface area contributed by atoms with Crippen LogP contribution in [0.1, 0.15) is 12.8 Å². The Labute approximate surface area is 138 Å². The topological polar surface area (TPSA) is 61.9 Å². The second-order valence-corrected chi connectivity index (χ2v) is 5.89. The third-order valence-electron chi connectivity index (χ3n) is 4.20. The Morgan fingerprint density at radius 3 is 2.83 bits per heavy atom. The van der Waals surface area contributed by atoms with E-state index in [1.165, 1.54) is 15.9 Å². The molecule has 0 radical (unpaired) electrons. The Morgan fingerprint density at radius 1 is 1.29 bits per heavy atom. The number of hydrogen-bond donors (Lipinski definition) is 1. The molecule has 1 aromatic carbocycles. The van der Waals surface area contributed by atoms with Crippen LogP contribution in [-0.2, 0) is 9.53 Å². The number of anilines is 1. The lowest BCUT2D eigenvalue weighted by molar-refractivity contribution is -0.122. The van der Waals surface area contributed by atoms with Gasteiger partial charge >= 0.3 is 6.03 Å². The van der Waals surface area contributed by atoms with E-state index in [1.54, 1.807) is 0 Å². The molecule has 2 heterocycles. The number of amides is 3. The molecule has 0 aromatic heterocycles. The molecule has 24 heavy (non-hydrogen) atoms. The smallest absolute Gasteiger partial charge is 0.325 e.